The molecule has 1 aliphatic rings. The zero-order chi connectivity index (χ0) is 22.0. The first-order valence-corrected chi connectivity index (χ1v) is 11.7. The summed E-state index contributed by atoms with van der Waals surface area (Å²) in [4.78, 5) is 15.2. The van der Waals surface area contributed by atoms with Gasteiger partial charge in [-0.05, 0) is 31.5 Å². The summed E-state index contributed by atoms with van der Waals surface area (Å²) in [7, 11) is -2.02. The number of methoxy groups -OCH3 is 1. The Morgan fingerprint density at radius 2 is 1.77 bits per heavy atom. The maximum Gasteiger partial charge on any atom is 0.290 e. The second-order valence-electron chi connectivity index (χ2n) is 7.70. The lowest BCUT2D eigenvalue weighted by Crippen LogP contribution is -2.37. The lowest BCUT2D eigenvalue weighted by atomic mass is 10.1. The summed E-state index contributed by atoms with van der Waals surface area (Å²) in [6.45, 7) is 3.55. The van der Waals surface area contributed by atoms with Crippen LogP contribution >= 0.6 is 0 Å². The van der Waals surface area contributed by atoms with Crippen molar-refractivity contribution in [3.05, 3.63) is 65.4 Å². The average Bonchev–Trinajstić information content (AvgIpc) is 2.95. The Labute approximate surface area is 182 Å². The minimum Gasteiger partial charge on any atom is -0.451 e. The van der Waals surface area contributed by atoms with Gasteiger partial charge in [-0.2, -0.15) is 4.31 Å². The largest absolute Gasteiger partial charge is 0.451 e. The molecule has 1 saturated heterocycles. The molecule has 0 bridgehead atoms. The number of hydrogen-bond donors (Lipinski definition) is 0. The van der Waals surface area contributed by atoms with E-state index < -0.39 is 10.0 Å². The number of amides is 1. The summed E-state index contributed by atoms with van der Waals surface area (Å²) in [5.74, 6) is 0.0238. The van der Waals surface area contributed by atoms with Gasteiger partial charge in [0.25, 0.3) is 5.91 Å². The summed E-state index contributed by atoms with van der Waals surface area (Å²) in [6, 6.07) is 14.3. The zero-order valence-corrected chi connectivity index (χ0v) is 18.5. The zero-order valence-electron chi connectivity index (χ0n) is 17.7. The summed E-state index contributed by atoms with van der Waals surface area (Å²) >= 11 is 0. The lowest BCUT2D eigenvalue weighted by molar-refractivity contribution is 0.0728. The number of benzene rings is 2. The quantitative estimate of drug-likeness (QED) is 0.605. The number of sulfonamides is 1. The highest BCUT2D eigenvalue weighted by Gasteiger charge is 2.31. The fraction of sp³-hybridized carbons (Fsp3) is 0.348. The van der Waals surface area contributed by atoms with Gasteiger partial charge in [-0.15, -0.1) is 0 Å². The fourth-order valence-electron chi connectivity index (χ4n) is 3.90. The van der Waals surface area contributed by atoms with Crippen LogP contribution in [0, 0.1) is 6.92 Å². The third-order valence-electron chi connectivity index (χ3n) is 5.58. The van der Waals surface area contributed by atoms with Gasteiger partial charge in [-0.25, -0.2) is 8.42 Å². The number of ether oxygens (including phenoxy) is 1. The van der Waals surface area contributed by atoms with E-state index in [1.54, 1.807) is 36.3 Å². The van der Waals surface area contributed by atoms with E-state index >= 15 is 0 Å². The maximum absolute atomic E-state index is 13.3. The fourth-order valence-corrected chi connectivity index (χ4v) is 5.37. The molecule has 0 radical (unpaired) electrons. The van der Waals surface area contributed by atoms with Crippen LogP contribution in [-0.2, 0) is 21.4 Å². The monoisotopic (exact) mass is 442 g/mol. The number of nitrogens with zero attached hydrogens (tertiary/aromatic N) is 2. The molecule has 0 aliphatic carbocycles. The second kappa shape index (κ2) is 8.82. The highest BCUT2D eigenvalue weighted by Crippen LogP contribution is 2.28. The molecule has 0 unspecified atom stereocenters. The molecule has 3 aromatic rings. The van der Waals surface area contributed by atoms with Crippen molar-refractivity contribution in [1.29, 1.82) is 0 Å². The first-order valence-electron chi connectivity index (χ1n) is 10.3. The number of carbonyl (C=O) groups is 1. The van der Waals surface area contributed by atoms with Crippen LogP contribution in [0.1, 0.15) is 28.1 Å². The Hall–Kier alpha value is -2.68. The van der Waals surface area contributed by atoms with Gasteiger partial charge >= 0.3 is 0 Å². The second-order valence-corrected chi connectivity index (χ2v) is 9.64. The van der Waals surface area contributed by atoms with Crippen molar-refractivity contribution >= 4 is 26.9 Å². The van der Waals surface area contributed by atoms with Gasteiger partial charge < -0.3 is 14.1 Å². The summed E-state index contributed by atoms with van der Waals surface area (Å²) in [5, 5.41) is 0.853. The van der Waals surface area contributed by atoms with E-state index in [0.29, 0.717) is 31.6 Å². The number of carbonyl (C=O) groups excluding carboxylic acids is 1. The third kappa shape index (κ3) is 4.23. The van der Waals surface area contributed by atoms with E-state index in [1.165, 1.54) is 4.31 Å². The van der Waals surface area contributed by atoms with Gasteiger partial charge in [-0.1, -0.05) is 35.9 Å². The summed E-state index contributed by atoms with van der Waals surface area (Å²) in [6.07, 6.45) is 0.552. The van der Waals surface area contributed by atoms with E-state index in [-0.39, 0.29) is 29.7 Å². The van der Waals surface area contributed by atoms with Gasteiger partial charge in [0.05, 0.1) is 11.5 Å². The molecule has 1 aliphatic heterocycles. The van der Waals surface area contributed by atoms with Crippen molar-refractivity contribution in [3.8, 4) is 0 Å². The minimum atomic E-state index is -3.60. The van der Waals surface area contributed by atoms with Gasteiger partial charge in [0.2, 0.25) is 10.0 Å². The number of hydrogen-bond acceptors (Lipinski definition) is 5. The molecule has 7 nitrogen and oxygen atoms in total. The molecular formula is C23H26N2O5S. The molecule has 1 fully saturated rings. The molecule has 2 aromatic carbocycles. The molecule has 2 heterocycles. The van der Waals surface area contributed by atoms with Gasteiger partial charge in [0.1, 0.15) is 5.58 Å². The van der Waals surface area contributed by atoms with Crippen LogP contribution in [0.5, 0.6) is 0 Å². The van der Waals surface area contributed by atoms with E-state index in [0.717, 1.165) is 16.5 Å². The van der Waals surface area contributed by atoms with Crippen molar-refractivity contribution in [2.24, 2.45) is 0 Å². The SMILES string of the molecule is COCc1c(C(=O)N2CCCN(S(=O)(=O)c3ccc(C)cc3)CC2)oc2ccccc12. The molecule has 1 amide bonds. The number of furan rings is 1. The predicted octanol–water partition coefficient (Wildman–Crippen LogP) is 3.42. The Kier molecular flexibility index (Phi) is 6.13. The normalized spacial score (nSPS) is 15.9. The first kappa shape index (κ1) is 21.5. The van der Waals surface area contributed by atoms with E-state index in [2.05, 4.69) is 0 Å². The number of aryl methyl sites for hydroxylation is 1. The molecule has 0 spiro atoms. The van der Waals surface area contributed by atoms with Crippen LogP contribution in [-0.4, -0.2) is 56.8 Å². The Morgan fingerprint density at radius 3 is 2.52 bits per heavy atom. The smallest absolute Gasteiger partial charge is 0.290 e. The van der Waals surface area contributed by atoms with Crippen LogP contribution in [0.4, 0.5) is 0 Å². The van der Waals surface area contributed by atoms with Gasteiger partial charge in [0.15, 0.2) is 5.76 Å². The number of fused-ring (bicyclic) bond motifs is 1. The average molecular weight is 443 g/mol. The molecule has 4 rings (SSSR count). The summed E-state index contributed by atoms with van der Waals surface area (Å²) < 4.78 is 38.7. The number of rotatable bonds is 5. The molecule has 0 saturated carbocycles. The highest BCUT2D eigenvalue weighted by molar-refractivity contribution is 7.89. The van der Waals surface area contributed by atoms with E-state index in [1.807, 2.05) is 31.2 Å². The standard InChI is InChI=1S/C23H26N2O5S/c1-17-8-10-18(11-9-17)31(27,28)25-13-5-12-24(14-15-25)23(26)22-20(16-29-2)19-6-3-4-7-21(19)30-22/h3-4,6-11H,5,12-16H2,1-2H3. The summed E-state index contributed by atoms with van der Waals surface area (Å²) in [5.41, 5.74) is 2.36. The molecule has 164 valence electrons. The van der Waals surface area contributed by atoms with Crippen molar-refractivity contribution in [1.82, 2.24) is 9.21 Å². The Balaban J connectivity index is 1.55. The maximum atomic E-state index is 13.3. The van der Waals surface area contributed by atoms with Crippen LogP contribution in [0.2, 0.25) is 0 Å². The molecule has 31 heavy (non-hydrogen) atoms. The molecule has 1 aromatic heterocycles. The lowest BCUT2D eigenvalue weighted by Gasteiger charge is -2.21. The van der Waals surface area contributed by atoms with Crippen LogP contribution in [0.25, 0.3) is 11.0 Å². The molecule has 0 N–H and O–H groups in total. The van der Waals surface area contributed by atoms with E-state index in [9.17, 15) is 13.2 Å². The molecule has 0 atom stereocenters. The van der Waals surface area contributed by atoms with Crippen molar-refractivity contribution in [2.75, 3.05) is 33.3 Å². The molecular weight excluding hydrogens is 416 g/mol. The van der Waals surface area contributed by atoms with Crippen LogP contribution in [0.15, 0.2) is 57.8 Å². The van der Waals surface area contributed by atoms with Crippen molar-refractivity contribution in [3.63, 3.8) is 0 Å². The van der Waals surface area contributed by atoms with Crippen LogP contribution < -0.4 is 0 Å². The third-order valence-corrected chi connectivity index (χ3v) is 7.49. The van der Waals surface area contributed by atoms with Crippen LogP contribution in [0.3, 0.4) is 0 Å². The van der Waals surface area contributed by atoms with Gasteiger partial charge in [0, 0.05) is 44.2 Å². The minimum absolute atomic E-state index is 0.238. The number of para-hydroxylation sites is 1. The Bertz CT molecular complexity index is 1180. The highest BCUT2D eigenvalue weighted by atomic mass is 32.2. The van der Waals surface area contributed by atoms with Crippen molar-refractivity contribution < 1.29 is 22.4 Å². The van der Waals surface area contributed by atoms with Gasteiger partial charge in [-0.3, -0.25) is 4.79 Å². The topological polar surface area (TPSA) is 80.1 Å². The Morgan fingerprint density at radius 1 is 1.03 bits per heavy atom. The predicted molar refractivity (Wildman–Crippen MR) is 117 cm³/mol. The first-order chi connectivity index (χ1) is 14.9. The molecule has 8 heteroatoms. The van der Waals surface area contributed by atoms with E-state index in [4.69, 9.17) is 9.15 Å². The van der Waals surface area contributed by atoms with Crippen molar-refractivity contribution in [2.45, 2.75) is 24.8 Å².